The standard InChI is InChI=1S/C22H19F2IN2O3S/c23-15-9-14(8-13-4-5-16(25)11-20(13)24)22(27-31(28,29)19-6-7-19)21(10-15)30-18-3-1-2-17(26)12-18/h1-5,9-12,19,27H,6-8,26H2. The molecule has 3 aromatic rings. The van der Waals surface area contributed by atoms with Crippen LogP contribution in [0.1, 0.15) is 24.0 Å². The van der Waals surface area contributed by atoms with Crippen LogP contribution in [0.5, 0.6) is 11.5 Å². The summed E-state index contributed by atoms with van der Waals surface area (Å²) in [7, 11) is -3.68. The first-order valence-corrected chi connectivity index (χ1v) is 12.1. The van der Waals surface area contributed by atoms with Crippen molar-refractivity contribution in [1.29, 1.82) is 0 Å². The van der Waals surface area contributed by atoms with Crippen LogP contribution in [0.3, 0.4) is 0 Å². The van der Waals surface area contributed by atoms with Crippen molar-refractivity contribution < 1.29 is 21.9 Å². The Hall–Kier alpha value is -2.40. The van der Waals surface area contributed by atoms with Crippen molar-refractivity contribution in [3.63, 3.8) is 0 Å². The van der Waals surface area contributed by atoms with Gasteiger partial charge in [0.25, 0.3) is 0 Å². The Morgan fingerprint density at radius 3 is 2.52 bits per heavy atom. The normalized spacial score (nSPS) is 13.8. The summed E-state index contributed by atoms with van der Waals surface area (Å²) in [4.78, 5) is 0. The second-order valence-corrected chi connectivity index (χ2v) is 10.6. The van der Waals surface area contributed by atoms with Gasteiger partial charge in [0.2, 0.25) is 10.0 Å². The van der Waals surface area contributed by atoms with E-state index in [9.17, 15) is 17.2 Å². The van der Waals surface area contributed by atoms with Gasteiger partial charge >= 0.3 is 0 Å². The summed E-state index contributed by atoms with van der Waals surface area (Å²) < 4.78 is 63.4. The topological polar surface area (TPSA) is 81.4 Å². The number of ether oxygens (including phenoxy) is 1. The maximum Gasteiger partial charge on any atom is 0.235 e. The number of nitrogens with one attached hydrogen (secondary N) is 1. The van der Waals surface area contributed by atoms with E-state index < -0.39 is 26.9 Å². The highest BCUT2D eigenvalue weighted by Crippen LogP contribution is 2.39. The lowest BCUT2D eigenvalue weighted by Gasteiger charge is -2.18. The minimum Gasteiger partial charge on any atom is -0.455 e. The summed E-state index contributed by atoms with van der Waals surface area (Å²) in [6.45, 7) is 0. The van der Waals surface area contributed by atoms with E-state index in [0.29, 0.717) is 29.8 Å². The van der Waals surface area contributed by atoms with Crippen molar-refractivity contribution in [2.24, 2.45) is 0 Å². The first kappa shape index (κ1) is 21.8. The highest BCUT2D eigenvalue weighted by atomic mass is 127. The molecule has 31 heavy (non-hydrogen) atoms. The fourth-order valence-corrected chi connectivity index (χ4v) is 5.04. The Morgan fingerprint density at radius 1 is 1.06 bits per heavy atom. The minimum absolute atomic E-state index is 0.0175. The van der Waals surface area contributed by atoms with Gasteiger partial charge in [-0.05, 0) is 76.9 Å². The molecule has 0 radical (unpaired) electrons. The molecule has 0 spiro atoms. The molecular formula is C22H19F2IN2O3S. The van der Waals surface area contributed by atoms with Crippen LogP contribution in [0, 0.1) is 15.2 Å². The number of sulfonamides is 1. The number of hydrogen-bond acceptors (Lipinski definition) is 4. The molecule has 0 saturated heterocycles. The van der Waals surface area contributed by atoms with Crippen molar-refractivity contribution in [3.05, 3.63) is 80.9 Å². The molecule has 0 aliphatic heterocycles. The lowest BCUT2D eigenvalue weighted by Crippen LogP contribution is -2.19. The third-order valence-corrected chi connectivity index (χ3v) is 7.35. The van der Waals surface area contributed by atoms with Crippen molar-refractivity contribution in [1.82, 2.24) is 0 Å². The molecule has 5 nitrogen and oxygen atoms in total. The van der Waals surface area contributed by atoms with E-state index >= 15 is 0 Å². The zero-order valence-electron chi connectivity index (χ0n) is 16.2. The van der Waals surface area contributed by atoms with Crippen LogP contribution in [0.4, 0.5) is 20.2 Å². The van der Waals surface area contributed by atoms with Crippen molar-refractivity contribution >= 4 is 44.0 Å². The number of rotatable bonds is 7. The van der Waals surface area contributed by atoms with Crippen LogP contribution in [0.15, 0.2) is 54.6 Å². The van der Waals surface area contributed by atoms with E-state index in [1.54, 1.807) is 36.4 Å². The Balaban J connectivity index is 1.79. The molecule has 0 unspecified atom stereocenters. The van der Waals surface area contributed by atoms with Crippen LogP contribution in [0.2, 0.25) is 0 Å². The van der Waals surface area contributed by atoms with Crippen LogP contribution in [-0.2, 0) is 16.4 Å². The van der Waals surface area contributed by atoms with Gasteiger partial charge in [-0.2, -0.15) is 0 Å². The smallest absolute Gasteiger partial charge is 0.235 e. The predicted octanol–water partition coefficient (Wildman–Crippen LogP) is 5.44. The molecule has 1 aliphatic carbocycles. The summed E-state index contributed by atoms with van der Waals surface area (Å²) in [6.07, 6.45) is 1.10. The van der Waals surface area contributed by atoms with Gasteiger partial charge in [0.05, 0.1) is 10.9 Å². The van der Waals surface area contributed by atoms with E-state index in [-0.39, 0.29) is 23.4 Å². The summed E-state index contributed by atoms with van der Waals surface area (Å²) in [5.41, 5.74) is 6.89. The fourth-order valence-electron chi connectivity index (χ4n) is 3.15. The highest BCUT2D eigenvalue weighted by molar-refractivity contribution is 14.1. The average Bonchev–Trinajstić information content (AvgIpc) is 3.52. The lowest BCUT2D eigenvalue weighted by atomic mass is 10.0. The molecule has 4 rings (SSSR count). The Kier molecular flexibility index (Phi) is 6.07. The van der Waals surface area contributed by atoms with E-state index in [0.717, 1.165) is 9.64 Å². The molecule has 0 amide bonds. The van der Waals surface area contributed by atoms with Crippen LogP contribution < -0.4 is 15.2 Å². The molecule has 3 N–H and O–H groups in total. The molecule has 3 aromatic carbocycles. The predicted molar refractivity (Wildman–Crippen MR) is 125 cm³/mol. The summed E-state index contributed by atoms with van der Waals surface area (Å²) in [6, 6.07) is 13.5. The fraction of sp³-hybridized carbons (Fsp3) is 0.182. The molecule has 0 bridgehead atoms. The van der Waals surface area contributed by atoms with Crippen LogP contribution in [0.25, 0.3) is 0 Å². The van der Waals surface area contributed by atoms with Gasteiger partial charge in [-0.25, -0.2) is 17.2 Å². The first-order chi connectivity index (χ1) is 14.7. The Morgan fingerprint density at radius 2 is 1.84 bits per heavy atom. The number of nitrogens with two attached hydrogens (primary N) is 1. The summed E-state index contributed by atoms with van der Waals surface area (Å²) >= 11 is 2.00. The number of benzene rings is 3. The molecule has 1 aliphatic rings. The second kappa shape index (κ2) is 8.62. The van der Waals surface area contributed by atoms with Gasteiger partial charge in [-0.15, -0.1) is 0 Å². The van der Waals surface area contributed by atoms with Crippen LogP contribution in [-0.4, -0.2) is 13.7 Å². The molecule has 0 aromatic heterocycles. The molecule has 1 saturated carbocycles. The van der Waals surface area contributed by atoms with Crippen LogP contribution >= 0.6 is 22.6 Å². The van der Waals surface area contributed by atoms with E-state index in [2.05, 4.69) is 4.72 Å². The van der Waals surface area contributed by atoms with Crippen molar-refractivity contribution in [2.45, 2.75) is 24.5 Å². The Labute approximate surface area is 192 Å². The number of nitrogen functional groups attached to an aromatic ring is 1. The lowest BCUT2D eigenvalue weighted by molar-refractivity contribution is 0.478. The molecular weight excluding hydrogens is 537 g/mol. The van der Waals surface area contributed by atoms with E-state index in [4.69, 9.17) is 10.5 Å². The third-order valence-electron chi connectivity index (χ3n) is 4.84. The summed E-state index contributed by atoms with van der Waals surface area (Å²) in [5, 5.41) is -0.499. The van der Waals surface area contributed by atoms with Gasteiger partial charge in [-0.3, -0.25) is 4.72 Å². The van der Waals surface area contributed by atoms with Gasteiger partial charge in [0.15, 0.2) is 5.75 Å². The maximum absolute atomic E-state index is 14.5. The molecule has 0 atom stereocenters. The largest absolute Gasteiger partial charge is 0.455 e. The van der Waals surface area contributed by atoms with Crippen molar-refractivity contribution in [2.75, 3.05) is 10.5 Å². The van der Waals surface area contributed by atoms with Gasteiger partial charge < -0.3 is 10.5 Å². The number of anilines is 2. The average molecular weight is 556 g/mol. The van der Waals surface area contributed by atoms with Crippen molar-refractivity contribution in [3.8, 4) is 11.5 Å². The maximum atomic E-state index is 14.5. The minimum atomic E-state index is -3.68. The monoisotopic (exact) mass is 556 g/mol. The number of halogens is 3. The SMILES string of the molecule is Nc1cccc(Oc2cc(F)cc(Cc3ccc(I)cc3F)c2NS(=O)(=O)C2CC2)c1. The molecule has 9 heteroatoms. The second-order valence-electron chi connectivity index (χ2n) is 7.37. The first-order valence-electron chi connectivity index (χ1n) is 9.52. The zero-order chi connectivity index (χ0) is 22.2. The molecule has 1 fully saturated rings. The van der Waals surface area contributed by atoms with Gasteiger partial charge in [0, 0.05) is 27.8 Å². The van der Waals surface area contributed by atoms with E-state index in [1.807, 2.05) is 22.6 Å². The molecule has 0 heterocycles. The third kappa shape index (κ3) is 5.27. The molecule has 162 valence electrons. The quantitative estimate of drug-likeness (QED) is 0.300. The summed E-state index contributed by atoms with van der Waals surface area (Å²) in [5.74, 6) is -0.778. The number of hydrogen-bond donors (Lipinski definition) is 2. The van der Waals surface area contributed by atoms with E-state index in [1.165, 1.54) is 12.1 Å². The highest BCUT2D eigenvalue weighted by Gasteiger charge is 2.36. The Bertz CT molecular complexity index is 1250. The van der Waals surface area contributed by atoms with Gasteiger partial charge in [0.1, 0.15) is 17.4 Å². The zero-order valence-corrected chi connectivity index (χ0v) is 19.2. The van der Waals surface area contributed by atoms with Gasteiger partial charge in [-0.1, -0.05) is 12.1 Å².